The zero-order chi connectivity index (χ0) is 25.2. The predicted molar refractivity (Wildman–Crippen MR) is 143 cm³/mol. The molecule has 1 amide bonds. The number of carbonyl (C=O) groups excluding carboxylic acids is 2. The van der Waals surface area contributed by atoms with Crippen molar-refractivity contribution in [3.63, 3.8) is 0 Å². The normalized spacial score (nSPS) is 19.6. The van der Waals surface area contributed by atoms with Gasteiger partial charge in [-0.15, -0.1) is 0 Å². The quantitative estimate of drug-likeness (QED) is 0.448. The van der Waals surface area contributed by atoms with Crippen LogP contribution in [0.3, 0.4) is 0 Å². The molecule has 0 unspecified atom stereocenters. The van der Waals surface area contributed by atoms with Crippen molar-refractivity contribution in [1.29, 1.82) is 0 Å². The van der Waals surface area contributed by atoms with Crippen molar-refractivity contribution >= 4 is 27.6 Å². The number of aromatic nitrogens is 1. The van der Waals surface area contributed by atoms with Crippen molar-refractivity contribution in [3.8, 4) is 0 Å². The fraction of sp³-hybridized carbons (Fsp3) is 0.345. The highest BCUT2D eigenvalue weighted by Crippen LogP contribution is 2.36. The van der Waals surface area contributed by atoms with Gasteiger partial charge in [-0.05, 0) is 67.1 Å². The standard InChI is InChI=1S/C29H30BrN3O3/c1-32-12-10-21(16-27(32)34)25-9-11-31-17-26(25)29(36)33(24-7-8-24)18-19-13-22(15-23(30)14-19)28(35)20-5-3-2-4-6-20/h2-6,10,12-16,24-26,31H,7-9,11,17-18H2,1H3/t25-,26+/m1/s1. The first kappa shape index (κ1) is 24.7. The Hall–Kier alpha value is -3.03. The maximum atomic E-state index is 14.0. The summed E-state index contributed by atoms with van der Waals surface area (Å²) in [6.45, 7) is 1.87. The van der Waals surface area contributed by atoms with E-state index in [2.05, 4.69) is 21.2 Å². The van der Waals surface area contributed by atoms with E-state index in [4.69, 9.17) is 0 Å². The molecule has 1 aromatic heterocycles. The van der Waals surface area contributed by atoms with E-state index >= 15 is 0 Å². The predicted octanol–water partition coefficient (Wildman–Crippen LogP) is 4.26. The van der Waals surface area contributed by atoms with Crippen LogP contribution in [0.15, 0.2) is 76.1 Å². The molecule has 1 saturated heterocycles. The Morgan fingerprint density at radius 1 is 1.03 bits per heavy atom. The second-order valence-electron chi connectivity index (χ2n) is 9.86. The number of rotatable bonds is 7. The summed E-state index contributed by atoms with van der Waals surface area (Å²) in [6, 6.07) is 18.8. The molecule has 2 fully saturated rings. The van der Waals surface area contributed by atoms with Crippen LogP contribution >= 0.6 is 15.9 Å². The first-order chi connectivity index (χ1) is 17.4. The second-order valence-corrected chi connectivity index (χ2v) is 10.8. The van der Waals surface area contributed by atoms with Crippen LogP contribution in [-0.4, -0.2) is 40.3 Å². The summed E-state index contributed by atoms with van der Waals surface area (Å²) in [7, 11) is 1.74. The Balaban J connectivity index is 1.40. The zero-order valence-corrected chi connectivity index (χ0v) is 21.9. The highest BCUT2D eigenvalue weighted by molar-refractivity contribution is 9.10. The minimum absolute atomic E-state index is 0.00614. The van der Waals surface area contributed by atoms with E-state index in [-0.39, 0.29) is 35.1 Å². The zero-order valence-electron chi connectivity index (χ0n) is 20.3. The summed E-state index contributed by atoms with van der Waals surface area (Å²) in [4.78, 5) is 41.3. The molecule has 3 aromatic rings. The van der Waals surface area contributed by atoms with Crippen LogP contribution in [0.25, 0.3) is 0 Å². The largest absolute Gasteiger partial charge is 0.335 e. The monoisotopic (exact) mass is 547 g/mol. The van der Waals surface area contributed by atoms with Crippen molar-refractivity contribution in [2.75, 3.05) is 13.1 Å². The highest BCUT2D eigenvalue weighted by Gasteiger charge is 2.40. The topological polar surface area (TPSA) is 71.4 Å². The third kappa shape index (κ3) is 5.37. The lowest BCUT2D eigenvalue weighted by Gasteiger charge is -2.35. The van der Waals surface area contributed by atoms with E-state index in [1.807, 2.05) is 59.5 Å². The first-order valence-corrected chi connectivity index (χ1v) is 13.3. The van der Waals surface area contributed by atoms with Gasteiger partial charge in [-0.2, -0.15) is 0 Å². The van der Waals surface area contributed by atoms with E-state index in [9.17, 15) is 14.4 Å². The number of aryl methyl sites for hydroxylation is 1. The fourth-order valence-corrected chi connectivity index (χ4v) is 5.66. The van der Waals surface area contributed by atoms with Crippen LogP contribution in [0, 0.1) is 5.92 Å². The molecule has 1 saturated carbocycles. The van der Waals surface area contributed by atoms with Crippen molar-refractivity contribution < 1.29 is 9.59 Å². The van der Waals surface area contributed by atoms with E-state index in [1.54, 1.807) is 23.9 Å². The Morgan fingerprint density at radius 3 is 2.53 bits per heavy atom. The minimum atomic E-state index is -0.232. The van der Waals surface area contributed by atoms with Crippen molar-refractivity contribution in [3.05, 3.63) is 104 Å². The van der Waals surface area contributed by atoms with Crippen molar-refractivity contribution in [1.82, 2.24) is 14.8 Å². The third-order valence-electron chi connectivity index (χ3n) is 7.24. The number of amides is 1. The molecule has 6 nitrogen and oxygen atoms in total. The van der Waals surface area contributed by atoms with Crippen LogP contribution in [0.4, 0.5) is 0 Å². The minimum Gasteiger partial charge on any atom is -0.335 e. The van der Waals surface area contributed by atoms with Gasteiger partial charge in [-0.3, -0.25) is 14.4 Å². The number of nitrogens with one attached hydrogen (secondary N) is 1. The molecule has 36 heavy (non-hydrogen) atoms. The number of halogens is 1. The van der Waals surface area contributed by atoms with Crippen LogP contribution in [0.2, 0.25) is 0 Å². The Morgan fingerprint density at radius 2 is 1.81 bits per heavy atom. The Kier molecular flexibility index (Phi) is 7.21. The number of carbonyl (C=O) groups is 2. The van der Waals surface area contributed by atoms with Crippen LogP contribution in [0.5, 0.6) is 0 Å². The number of hydrogen-bond donors (Lipinski definition) is 1. The molecule has 2 aromatic carbocycles. The molecule has 2 heterocycles. The van der Waals surface area contributed by atoms with Gasteiger partial charge in [0.1, 0.15) is 0 Å². The molecule has 2 aliphatic rings. The van der Waals surface area contributed by atoms with E-state index < -0.39 is 0 Å². The lowest BCUT2D eigenvalue weighted by molar-refractivity contribution is -0.138. The first-order valence-electron chi connectivity index (χ1n) is 12.5. The summed E-state index contributed by atoms with van der Waals surface area (Å²) >= 11 is 3.57. The maximum Gasteiger partial charge on any atom is 0.250 e. The Labute approximate surface area is 219 Å². The van der Waals surface area contributed by atoms with E-state index in [0.717, 1.165) is 41.4 Å². The number of ketones is 1. The average Bonchev–Trinajstić information content (AvgIpc) is 3.74. The summed E-state index contributed by atoms with van der Waals surface area (Å²) in [5, 5.41) is 3.39. The molecule has 7 heteroatoms. The SMILES string of the molecule is Cn1ccc([C@H]2CCNC[C@@H]2C(=O)N(Cc2cc(Br)cc(C(=O)c3ccccc3)c2)C2CC2)cc1=O. The second kappa shape index (κ2) is 10.5. The van der Waals surface area contributed by atoms with Gasteiger partial charge in [-0.1, -0.05) is 46.3 Å². The highest BCUT2D eigenvalue weighted by atomic mass is 79.9. The number of hydrogen-bond acceptors (Lipinski definition) is 4. The number of nitrogens with zero attached hydrogens (tertiary/aromatic N) is 2. The van der Waals surface area contributed by atoms with Gasteiger partial charge in [-0.25, -0.2) is 0 Å². The number of piperidine rings is 1. The Bertz CT molecular complexity index is 1330. The number of pyridine rings is 1. The molecule has 1 aliphatic carbocycles. The summed E-state index contributed by atoms with van der Waals surface area (Å²) in [6.07, 6.45) is 4.58. The smallest absolute Gasteiger partial charge is 0.250 e. The fourth-order valence-electron chi connectivity index (χ4n) is 5.12. The maximum absolute atomic E-state index is 14.0. The lowest BCUT2D eigenvalue weighted by Crippen LogP contribution is -2.47. The molecule has 186 valence electrons. The average molecular weight is 548 g/mol. The molecule has 0 radical (unpaired) electrons. The van der Waals surface area contributed by atoms with Gasteiger partial charge in [0, 0.05) is 54.0 Å². The lowest BCUT2D eigenvalue weighted by atomic mass is 9.80. The van der Waals surface area contributed by atoms with Crippen LogP contribution < -0.4 is 10.9 Å². The number of benzene rings is 2. The third-order valence-corrected chi connectivity index (χ3v) is 7.69. The molecule has 1 N–H and O–H groups in total. The molecule has 0 spiro atoms. The molecular formula is C29H30BrN3O3. The molecule has 1 aliphatic heterocycles. The summed E-state index contributed by atoms with van der Waals surface area (Å²) in [5.41, 5.74) is 3.05. The van der Waals surface area contributed by atoms with Gasteiger partial charge < -0.3 is 14.8 Å². The van der Waals surface area contributed by atoms with Crippen molar-refractivity contribution in [2.24, 2.45) is 13.0 Å². The molecule has 2 atom stereocenters. The van der Waals surface area contributed by atoms with Gasteiger partial charge >= 0.3 is 0 Å². The van der Waals surface area contributed by atoms with Gasteiger partial charge in [0.05, 0.1) is 5.92 Å². The van der Waals surface area contributed by atoms with Gasteiger partial charge in [0.25, 0.3) is 5.56 Å². The van der Waals surface area contributed by atoms with Crippen LogP contribution in [0.1, 0.15) is 52.2 Å². The molecule has 5 rings (SSSR count). The molecule has 0 bridgehead atoms. The van der Waals surface area contributed by atoms with Crippen molar-refractivity contribution in [2.45, 2.75) is 37.8 Å². The molecular weight excluding hydrogens is 518 g/mol. The summed E-state index contributed by atoms with van der Waals surface area (Å²) in [5.74, 6) is -0.147. The van der Waals surface area contributed by atoms with Crippen LogP contribution in [-0.2, 0) is 18.4 Å². The van der Waals surface area contributed by atoms with E-state index in [0.29, 0.717) is 24.2 Å². The van der Waals surface area contributed by atoms with E-state index in [1.165, 1.54) is 0 Å². The summed E-state index contributed by atoms with van der Waals surface area (Å²) < 4.78 is 2.37. The van der Waals surface area contributed by atoms with Gasteiger partial charge in [0.2, 0.25) is 5.91 Å². The van der Waals surface area contributed by atoms with Gasteiger partial charge in [0.15, 0.2) is 5.78 Å².